The van der Waals surface area contributed by atoms with E-state index in [4.69, 9.17) is 11.5 Å². The Balaban J connectivity index is 1.98. The molecule has 5 N–H and O–H groups in total. The zero-order valence-corrected chi connectivity index (χ0v) is 7.42. The smallest absolute Gasteiger partial charge is 0.235 e. The van der Waals surface area contributed by atoms with E-state index in [2.05, 4.69) is 12.2 Å². The number of carbonyl (C=O) groups is 1. The summed E-state index contributed by atoms with van der Waals surface area (Å²) in [5, 5.41) is 3.13. The van der Waals surface area contributed by atoms with Gasteiger partial charge in [-0.2, -0.15) is 0 Å². The molecule has 0 heterocycles. The lowest BCUT2D eigenvalue weighted by molar-refractivity contribution is -0.119. The van der Waals surface area contributed by atoms with Crippen LogP contribution in [0.5, 0.6) is 0 Å². The quantitative estimate of drug-likeness (QED) is 0.498. The molecule has 1 rings (SSSR count). The fourth-order valence-corrected chi connectivity index (χ4v) is 1.21. The summed E-state index contributed by atoms with van der Waals surface area (Å²) in [4.78, 5) is 10.5. The van der Waals surface area contributed by atoms with Gasteiger partial charge in [0.1, 0.15) is 0 Å². The molecule has 0 aromatic carbocycles. The van der Waals surface area contributed by atoms with Crippen molar-refractivity contribution in [1.29, 1.82) is 0 Å². The van der Waals surface area contributed by atoms with Crippen molar-refractivity contribution in [3.8, 4) is 0 Å². The van der Waals surface area contributed by atoms with Crippen LogP contribution in [0.25, 0.3) is 0 Å². The molecule has 0 aromatic heterocycles. The first-order valence-corrected chi connectivity index (χ1v) is 4.37. The first-order valence-electron chi connectivity index (χ1n) is 4.37. The number of amides is 1. The average Bonchev–Trinajstić information content (AvgIpc) is 2.66. The van der Waals surface area contributed by atoms with Gasteiger partial charge < -0.3 is 16.8 Å². The minimum Gasteiger partial charge on any atom is -0.368 e. The highest BCUT2D eigenvalue weighted by atomic mass is 16.1. The first-order chi connectivity index (χ1) is 5.61. The van der Waals surface area contributed by atoms with Crippen molar-refractivity contribution in [3.63, 3.8) is 0 Å². The lowest BCUT2D eigenvalue weighted by Gasteiger charge is -2.08. The number of hydrogen-bond acceptors (Lipinski definition) is 3. The molecule has 12 heavy (non-hydrogen) atoms. The minimum atomic E-state index is -0.543. The third kappa shape index (κ3) is 2.79. The summed E-state index contributed by atoms with van der Waals surface area (Å²) in [6.07, 6.45) is 1.29. The van der Waals surface area contributed by atoms with E-state index in [-0.39, 0.29) is 0 Å². The summed E-state index contributed by atoms with van der Waals surface area (Å²) in [6.45, 7) is 3.68. The van der Waals surface area contributed by atoms with Crippen molar-refractivity contribution >= 4 is 5.91 Å². The van der Waals surface area contributed by atoms with Crippen LogP contribution in [-0.2, 0) is 4.79 Å². The number of nitrogens with two attached hydrogens (primary N) is 2. The Morgan fingerprint density at radius 1 is 1.75 bits per heavy atom. The van der Waals surface area contributed by atoms with Crippen LogP contribution in [0, 0.1) is 11.8 Å². The highest BCUT2D eigenvalue weighted by Gasteiger charge is 2.31. The fraction of sp³-hybridized carbons (Fsp3) is 0.875. The van der Waals surface area contributed by atoms with Gasteiger partial charge in [-0.1, -0.05) is 6.92 Å². The second-order valence-electron chi connectivity index (χ2n) is 3.64. The summed E-state index contributed by atoms with van der Waals surface area (Å²) >= 11 is 0. The van der Waals surface area contributed by atoms with Gasteiger partial charge in [0.2, 0.25) is 5.91 Å². The van der Waals surface area contributed by atoms with Gasteiger partial charge in [0.05, 0.1) is 6.04 Å². The summed E-state index contributed by atoms with van der Waals surface area (Å²) in [5.74, 6) is 1.18. The molecule has 3 atom stereocenters. The molecule has 0 saturated heterocycles. The Morgan fingerprint density at radius 3 is 2.75 bits per heavy atom. The van der Waals surface area contributed by atoms with Crippen molar-refractivity contribution < 1.29 is 4.79 Å². The highest BCUT2D eigenvalue weighted by Crippen LogP contribution is 2.36. The molecule has 1 amide bonds. The van der Waals surface area contributed by atoms with Crippen LogP contribution in [-0.4, -0.2) is 25.0 Å². The van der Waals surface area contributed by atoms with Gasteiger partial charge in [-0.15, -0.1) is 0 Å². The second-order valence-corrected chi connectivity index (χ2v) is 3.64. The fourth-order valence-electron chi connectivity index (χ4n) is 1.21. The Labute approximate surface area is 72.7 Å². The maximum atomic E-state index is 10.5. The molecule has 0 bridgehead atoms. The van der Waals surface area contributed by atoms with Crippen LogP contribution in [0.15, 0.2) is 0 Å². The molecule has 0 spiro atoms. The van der Waals surface area contributed by atoms with E-state index in [1.807, 2.05) is 0 Å². The number of primary amides is 1. The van der Waals surface area contributed by atoms with Gasteiger partial charge >= 0.3 is 0 Å². The summed E-state index contributed by atoms with van der Waals surface area (Å²) in [7, 11) is 0. The first kappa shape index (κ1) is 9.48. The predicted molar refractivity (Wildman–Crippen MR) is 47.3 cm³/mol. The van der Waals surface area contributed by atoms with Crippen molar-refractivity contribution in [2.24, 2.45) is 23.3 Å². The van der Waals surface area contributed by atoms with Gasteiger partial charge in [-0.05, 0) is 24.8 Å². The average molecular weight is 171 g/mol. The van der Waals surface area contributed by atoms with Crippen LogP contribution in [0.2, 0.25) is 0 Å². The van der Waals surface area contributed by atoms with Crippen LogP contribution >= 0.6 is 0 Å². The van der Waals surface area contributed by atoms with Crippen molar-refractivity contribution in [2.75, 3.05) is 13.1 Å². The SMILES string of the molecule is CC1CC1CNCC(N)C(N)=O. The highest BCUT2D eigenvalue weighted by molar-refractivity contribution is 5.79. The van der Waals surface area contributed by atoms with E-state index < -0.39 is 11.9 Å². The van der Waals surface area contributed by atoms with E-state index in [1.54, 1.807) is 0 Å². The Hall–Kier alpha value is -0.610. The van der Waals surface area contributed by atoms with E-state index in [9.17, 15) is 4.79 Å². The van der Waals surface area contributed by atoms with Gasteiger partial charge in [0.25, 0.3) is 0 Å². The number of rotatable bonds is 5. The molecule has 0 aromatic rings. The van der Waals surface area contributed by atoms with Crippen LogP contribution in [0.1, 0.15) is 13.3 Å². The van der Waals surface area contributed by atoms with Gasteiger partial charge in [-0.3, -0.25) is 4.79 Å². The number of nitrogens with one attached hydrogen (secondary N) is 1. The van der Waals surface area contributed by atoms with Crippen molar-refractivity contribution in [2.45, 2.75) is 19.4 Å². The number of carbonyl (C=O) groups excluding carboxylic acids is 1. The van der Waals surface area contributed by atoms with Gasteiger partial charge in [0, 0.05) is 6.54 Å². The molecule has 70 valence electrons. The molecular weight excluding hydrogens is 154 g/mol. The lowest BCUT2D eigenvalue weighted by atomic mass is 10.3. The second kappa shape index (κ2) is 3.87. The molecule has 3 unspecified atom stereocenters. The summed E-state index contributed by atoms with van der Waals surface area (Å²) in [5.41, 5.74) is 10.4. The maximum Gasteiger partial charge on any atom is 0.235 e. The van der Waals surface area contributed by atoms with E-state index in [0.29, 0.717) is 6.54 Å². The predicted octanol–water partition coefficient (Wildman–Crippen LogP) is -0.955. The molecule has 1 saturated carbocycles. The molecule has 0 radical (unpaired) electrons. The molecule has 0 aliphatic heterocycles. The van der Waals surface area contributed by atoms with Gasteiger partial charge in [0.15, 0.2) is 0 Å². The maximum absolute atomic E-state index is 10.5. The largest absolute Gasteiger partial charge is 0.368 e. The molecule has 4 heteroatoms. The van der Waals surface area contributed by atoms with E-state index in [0.717, 1.165) is 18.4 Å². The Kier molecular flexibility index (Phi) is 3.05. The van der Waals surface area contributed by atoms with Crippen molar-refractivity contribution in [3.05, 3.63) is 0 Å². The monoisotopic (exact) mass is 171 g/mol. The normalized spacial score (nSPS) is 29.8. The molecule has 1 fully saturated rings. The minimum absolute atomic E-state index is 0.439. The van der Waals surface area contributed by atoms with Crippen LogP contribution in [0.3, 0.4) is 0 Å². The third-order valence-corrected chi connectivity index (χ3v) is 2.41. The third-order valence-electron chi connectivity index (χ3n) is 2.41. The molecule has 1 aliphatic carbocycles. The Bertz CT molecular complexity index is 172. The van der Waals surface area contributed by atoms with E-state index in [1.165, 1.54) is 6.42 Å². The van der Waals surface area contributed by atoms with E-state index >= 15 is 0 Å². The van der Waals surface area contributed by atoms with Crippen LogP contribution < -0.4 is 16.8 Å². The van der Waals surface area contributed by atoms with Crippen LogP contribution in [0.4, 0.5) is 0 Å². The summed E-state index contributed by atoms with van der Waals surface area (Å²) in [6, 6.07) is -0.543. The molecule has 1 aliphatic rings. The lowest BCUT2D eigenvalue weighted by Crippen LogP contribution is -2.44. The zero-order chi connectivity index (χ0) is 9.14. The summed E-state index contributed by atoms with van der Waals surface area (Å²) < 4.78 is 0. The topological polar surface area (TPSA) is 81.1 Å². The number of hydrogen-bond donors (Lipinski definition) is 3. The molecule has 4 nitrogen and oxygen atoms in total. The van der Waals surface area contributed by atoms with Gasteiger partial charge in [-0.25, -0.2) is 0 Å². The Morgan fingerprint density at radius 2 is 2.33 bits per heavy atom. The standard InChI is InChI=1S/C8H17N3O/c1-5-2-6(5)3-11-4-7(9)8(10)12/h5-7,11H,2-4,9H2,1H3,(H2,10,12). The zero-order valence-electron chi connectivity index (χ0n) is 7.42. The molecular formula is C8H17N3O. The van der Waals surface area contributed by atoms with Crippen molar-refractivity contribution in [1.82, 2.24) is 5.32 Å².